The summed E-state index contributed by atoms with van der Waals surface area (Å²) >= 11 is 0. The number of aliphatic hydroxyl groups excluding tert-OH is 1. The standard InChI is InChI=1S/C7H8O3S.C4H10O2/c1-6-2-4-7(5-3-6)11(8,9)10;1-2-6-4-3-5/h2-5H,1H3,(H,8,9,10);5H,2-4H2,1H3. The number of benzene rings is 1. The summed E-state index contributed by atoms with van der Waals surface area (Å²) in [5, 5.41) is 8.07. The molecule has 0 heterocycles. The molecule has 5 nitrogen and oxygen atoms in total. The maximum Gasteiger partial charge on any atom is 0.294 e. The minimum atomic E-state index is -4.02. The van der Waals surface area contributed by atoms with Gasteiger partial charge in [-0.25, -0.2) is 0 Å². The van der Waals surface area contributed by atoms with E-state index in [0.717, 1.165) is 5.56 Å². The van der Waals surface area contributed by atoms with Gasteiger partial charge < -0.3 is 9.84 Å². The third-order valence-corrected chi connectivity index (χ3v) is 2.63. The van der Waals surface area contributed by atoms with E-state index in [1.165, 1.54) is 12.1 Å². The van der Waals surface area contributed by atoms with Crippen molar-refractivity contribution < 1.29 is 22.8 Å². The third kappa shape index (κ3) is 7.87. The molecule has 0 aliphatic heterocycles. The Hall–Kier alpha value is -0.950. The van der Waals surface area contributed by atoms with Gasteiger partial charge in [-0.3, -0.25) is 4.55 Å². The minimum absolute atomic E-state index is 0.0666. The molecule has 0 spiro atoms. The summed E-state index contributed by atoms with van der Waals surface area (Å²) in [6, 6.07) is 5.99. The first-order chi connectivity index (χ1) is 7.91. The average molecular weight is 262 g/mol. The lowest BCUT2D eigenvalue weighted by atomic mass is 10.2. The van der Waals surface area contributed by atoms with E-state index in [9.17, 15) is 8.42 Å². The molecule has 1 rings (SSSR count). The topological polar surface area (TPSA) is 83.8 Å². The van der Waals surface area contributed by atoms with Crippen LogP contribution in [-0.2, 0) is 14.9 Å². The molecule has 0 fully saturated rings. The highest BCUT2D eigenvalue weighted by Crippen LogP contribution is 2.08. The Bertz CT molecular complexity index is 392. The Kier molecular flexibility index (Phi) is 7.73. The smallest absolute Gasteiger partial charge is 0.294 e. The summed E-state index contributed by atoms with van der Waals surface area (Å²) in [6.07, 6.45) is 0. The molecule has 0 aliphatic rings. The van der Waals surface area contributed by atoms with Gasteiger partial charge in [0, 0.05) is 6.61 Å². The van der Waals surface area contributed by atoms with Gasteiger partial charge in [0.15, 0.2) is 0 Å². The van der Waals surface area contributed by atoms with Gasteiger partial charge >= 0.3 is 0 Å². The quantitative estimate of drug-likeness (QED) is 0.630. The molecule has 0 unspecified atom stereocenters. The summed E-state index contributed by atoms with van der Waals surface area (Å²) in [5.41, 5.74) is 0.956. The van der Waals surface area contributed by atoms with Gasteiger partial charge in [-0.1, -0.05) is 17.7 Å². The molecule has 0 amide bonds. The van der Waals surface area contributed by atoms with Crippen LogP contribution in [0.3, 0.4) is 0 Å². The summed E-state index contributed by atoms with van der Waals surface area (Å²) in [4.78, 5) is -0.0666. The molecule has 6 heteroatoms. The van der Waals surface area contributed by atoms with Crippen molar-refractivity contribution in [3.8, 4) is 0 Å². The van der Waals surface area contributed by atoms with Crippen molar-refractivity contribution in [2.24, 2.45) is 0 Å². The molecular formula is C11H18O5S. The van der Waals surface area contributed by atoms with Gasteiger partial charge in [0.05, 0.1) is 18.1 Å². The second kappa shape index (κ2) is 8.19. The van der Waals surface area contributed by atoms with E-state index in [1.54, 1.807) is 12.1 Å². The van der Waals surface area contributed by atoms with Crippen LogP contribution in [0.4, 0.5) is 0 Å². The number of hydrogen-bond acceptors (Lipinski definition) is 4. The lowest BCUT2D eigenvalue weighted by molar-refractivity contribution is 0.102. The Labute approximate surface area is 102 Å². The molecule has 98 valence electrons. The van der Waals surface area contributed by atoms with E-state index < -0.39 is 10.1 Å². The van der Waals surface area contributed by atoms with Crippen LogP contribution in [0.5, 0.6) is 0 Å². The molecule has 17 heavy (non-hydrogen) atoms. The second-order valence-electron chi connectivity index (χ2n) is 3.21. The lowest BCUT2D eigenvalue weighted by Gasteiger charge is -1.95. The highest BCUT2D eigenvalue weighted by atomic mass is 32.2. The van der Waals surface area contributed by atoms with Crippen LogP contribution in [0.25, 0.3) is 0 Å². The molecule has 0 aromatic heterocycles. The Morgan fingerprint density at radius 1 is 1.24 bits per heavy atom. The largest absolute Gasteiger partial charge is 0.394 e. The van der Waals surface area contributed by atoms with Crippen molar-refractivity contribution in [1.82, 2.24) is 0 Å². The van der Waals surface area contributed by atoms with Crippen molar-refractivity contribution in [3.63, 3.8) is 0 Å². The summed E-state index contributed by atoms with van der Waals surface area (Å²) in [6.45, 7) is 5.04. The average Bonchev–Trinajstić information content (AvgIpc) is 2.26. The van der Waals surface area contributed by atoms with Gasteiger partial charge in [-0.05, 0) is 26.0 Å². The lowest BCUT2D eigenvalue weighted by Crippen LogP contribution is -1.96. The van der Waals surface area contributed by atoms with E-state index in [1.807, 2.05) is 13.8 Å². The van der Waals surface area contributed by atoms with Gasteiger partial charge in [-0.2, -0.15) is 8.42 Å². The van der Waals surface area contributed by atoms with E-state index in [-0.39, 0.29) is 11.5 Å². The molecule has 0 aliphatic carbocycles. The number of hydrogen-bond donors (Lipinski definition) is 2. The van der Waals surface area contributed by atoms with E-state index >= 15 is 0 Å². The first-order valence-electron chi connectivity index (χ1n) is 5.14. The zero-order valence-corrected chi connectivity index (χ0v) is 10.8. The first kappa shape index (κ1) is 16.1. The monoisotopic (exact) mass is 262 g/mol. The number of rotatable bonds is 4. The SMILES string of the molecule is CCOCCO.Cc1ccc(S(=O)(=O)O)cc1. The Morgan fingerprint density at radius 3 is 2.06 bits per heavy atom. The molecule has 0 atom stereocenters. The van der Waals surface area contributed by atoms with E-state index in [2.05, 4.69) is 0 Å². The summed E-state index contributed by atoms with van der Waals surface area (Å²) in [7, 11) is -4.02. The predicted octanol–water partition coefficient (Wildman–Crippen LogP) is 1.26. The normalized spacial score (nSPS) is 10.6. The van der Waals surface area contributed by atoms with Gasteiger partial charge in [0.1, 0.15) is 0 Å². The fraction of sp³-hybridized carbons (Fsp3) is 0.455. The molecule has 0 radical (unpaired) electrons. The van der Waals surface area contributed by atoms with Crippen molar-refractivity contribution in [2.75, 3.05) is 19.8 Å². The maximum atomic E-state index is 10.5. The van der Waals surface area contributed by atoms with Crippen molar-refractivity contribution >= 4 is 10.1 Å². The van der Waals surface area contributed by atoms with Crippen molar-refractivity contribution in [2.45, 2.75) is 18.7 Å². The fourth-order valence-electron chi connectivity index (χ4n) is 0.919. The zero-order chi connectivity index (χ0) is 13.3. The third-order valence-electron chi connectivity index (χ3n) is 1.76. The summed E-state index contributed by atoms with van der Waals surface area (Å²) < 4.78 is 34.3. The van der Waals surface area contributed by atoms with Crippen molar-refractivity contribution in [1.29, 1.82) is 0 Å². The van der Waals surface area contributed by atoms with E-state index in [4.69, 9.17) is 14.4 Å². The van der Waals surface area contributed by atoms with Crippen LogP contribution in [0, 0.1) is 6.92 Å². The van der Waals surface area contributed by atoms with Crippen LogP contribution in [0.15, 0.2) is 29.2 Å². The molecule has 2 N–H and O–H groups in total. The number of aryl methyl sites for hydroxylation is 1. The Balaban J connectivity index is 0.000000366. The van der Waals surface area contributed by atoms with Gasteiger partial charge in [0.25, 0.3) is 10.1 Å². The van der Waals surface area contributed by atoms with Crippen LogP contribution in [0.2, 0.25) is 0 Å². The van der Waals surface area contributed by atoms with Gasteiger partial charge in [-0.15, -0.1) is 0 Å². The number of ether oxygens (including phenoxy) is 1. The zero-order valence-electron chi connectivity index (χ0n) is 9.96. The molecule has 0 bridgehead atoms. The molecular weight excluding hydrogens is 244 g/mol. The van der Waals surface area contributed by atoms with Crippen molar-refractivity contribution in [3.05, 3.63) is 29.8 Å². The molecule has 1 aromatic rings. The van der Waals surface area contributed by atoms with Crippen LogP contribution in [0.1, 0.15) is 12.5 Å². The molecule has 0 saturated heterocycles. The minimum Gasteiger partial charge on any atom is -0.394 e. The first-order valence-corrected chi connectivity index (χ1v) is 6.58. The van der Waals surface area contributed by atoms with Crippen LogP contribution < -0.4 is 0 Å². The van der Waals surface area contributed by atoms with E-state index in [0.29, 0.717) is 13.2 Å². The Morgan fingerprint density at radius 2 is 1.76 bits per heavy atom. The molecule has 0 saturated carbocycles. The fourth-order valence-corrected chi connectivity index (χ4v) is 1.40. The number of aliphatic hydroxyl groups is 1. The summed E-state index contributed by atoms with van der Waals surface area (Å²) in [5.74, 6) is 0. The van der Waals surface area contributed by atoms with Gasteiger partial charge in [0.2, 0.25) is 0 Å². The molecule has 1 aromatic carbocycles. The highest BCUT2D eigenvalue weighted by Gasteiger charge is 2.06. The van der Waals surface area contributed by atoms with Crippen LogP contribution in [-0.4, -0.2) is 37.9 Å². The highest BCUT2D eigenvalue weighted by molar-refractivity contribution is 7.85. The predicted molar refractivity (Wildman–Crippen MR) is 64.6 cm³/mol. The maximum absolute atomic E-state index is 10.5. The van der Waals surface area contributed by atoms with Crippen LogP contribution >= 0.6 is 0 Å². The second-order valence-corrected chi connectivity index (χ2v) is 4.63.